The third-order valence-corrected chi connectivity index (χ3v) is 9.43. The van der Waals surface area contributed by atoms with Crippen LogP contribution >= 0.6 is 12.2 Å². The molecule has 1 aromatic carbocycles. The molecule has 0 spiro atoms. The van der Waals surface area contributed by atoms with Crippen LogP contribution in [-0.2, 0) is 11.3 Å². The van der Waals surface area contributed by atoms with Gasteiger partial charge >= 0.3 is 0 Å². The van der Waals surface area contributed by atoms with Crippen LogP contribution in [0, 0.1) is 27.9 Å². The molecule has 2 heterocycles. The molecule has 4 aliphatic rings. The Morgan fingerprint density at radius 2 is 1.86 bits per heavy atom. The number of amides is 1. The molecule has 3 N–H and O–H groups in total. The van der Waals surface area contributed by atoms with Crippen LogP contribution in [0.15, 0.2) is 23.0 Å². The summed E-state index contributed by atoms with van der Waals surface area (Å²) in [6.07, 6.45) is 9.01. The van der Waals surface area contributed by atoms with E-state index in [0.717, 1.165) is 34.4 Å². The summed E-state index contributed by atoms with van der Waals surface area (Å²) in [5.41, 5.74) is 2.16. The normalized spacial score (nSPS) is 28.0. The Hall–Kier alpha value is -2.61. The van der Waals surface area contributed by atoms with Crippen molar-refractivity contribution in [3.8, 4) is 5.75 Å². The van der Waals surface area contributed by atoms with Crippen LogP contribution in [-0.4, -0.2) is 33.6 Å². The number of hydrogen-bond donors (Lipinski definition) is 3. The summed E-state index contributed by atoms with van der Waals surface area (Å²) in [7, 11) is 1.62. The maximum Gasteiger partial charge on any atom is 0.278 e. The van der Waals surface area contributed by atoms with Crippen molar-refractivity contribution in [3.05, 3.63) is 33.3 Å². The number of nitrogens with zero attached hydrogens (tertiary/aromatic N) is 1. The summed E-state index contributed by atoms with van der Waals surface area (Å²) in [6, 6.07) is 5.85. The average Bonchev–Trinajstić information content (AvgIpc) is 3.18. The largest absolute Gasteiger partial charge is 0.497 e. The van der Waals surface area contributed by atoms with Gasteiger partial charge in [-0.2, -0.15) is 0 Å². The maximum atomic E-state index is 13.2. The van der Waals surface area contributed by atoms with Gasteiger partial charge in [-0.05, 0) is 105 Å². The second-order valence-corrected chi connectivity index (χ2v) is 11.7. The van der Waals surface area contributed by atoms with Gasteiger partial charge in [0.1, 0.15) is 11.3 Å². The molecule has 4 fully saturated rings. The Balaban J connectivity index is 1.13. The molecular weight excluding hydrogens is 460 g/mol. The number of H-pyrrole nitrogens is 2. The lowest BCUT2D eigenvalue weighted by Crippen LogP contribution is -2.55. The fourth-order valence-corrected chi connectivity index (χ4v) is 8.04. The molecule has 1 atom stereocenters. The Morgan fingerprint density at radius 1 is 1.17 bits per heavy atom. The second-order valence-electron chi connectivity index (χ2n) is 11.3. The van der Waals surface area contributed by atoms with E-state index in [1.807, 2.05) is 18.2 Å². The zero-order valence-electron chi connectivity index (χ0n) is 20.5. The van der Waals surface area contributed by atoms with Crippen LogP contribution in [0.2, 0.25) is 0 Å². The van der Waals surface area contributed by atoms with Crippen LogP contribution < -0.4 is 15.6 Å². The van der Waals surface area contributed by atoms with Crippen LogP contribution in [0.25, 0.3) is 21.9 Å². The lowest BCUT2D eigenvalue weighted by Gasteiger charge is -2.59. The highest BCUT2D eigenvalue weighted by atomic mass is 32.1. The molecule has 0 saturated heterocycles. The van der Waals surface area contributed by atoms with E-state index in [9.17, 15) is 9.59 Å². The lowest BCUT2D eigenvalue weighted by atomic mass is 9.48. The maximum absolute atomic E-state index is 13.2. The van der Waals surface area contributed by atoms with Crippen molar-refractivity contribution in [1.29, 1.82) is 0 Å². The molecule has 0 aliphatic heterocycles. The number of ether oxygens (including phenoxy) is 1. The number of carbonyl (C=O) groups excluding carboxylic acids is 1. The van der Waals surface area contributed by atoms with E-state index in [1.165, 1.54) is 38.5 Å². The van der Waals surface area contributed by atoms with Crippen LogP contribution in [0.4, 0.5) is 0 Å². The van der Waals surface area contributed by atoms with Gasteiger partial charge in [0.15, 0.2) is 4.77 Å². The molecule has 0 unspecified atom stereocenters. The fraction of sp³-hybridized carbons (Fsp3) is 0.593. The van der Waals surface area contributed by atoms with Crippen molar-refractivity contribution >= 4 is 40.1 Å². The van der Waals surface area contributed by atoms with Crippen molar-refractivity contribution < 1.29 is 9.53 Å². The zero-order chi connectivity index (χ0) is 24.3. The molecule has 4 bridgehead atoms. The topological polar surface area (TPSA) is 91.9 Å². The molecule has 3 aromatic rings. The van der Waals surface area contributed by atoms with Crippen molar-refractivity contribution in [2.45, 2.75) is 70.9 Å². The minimum absolute atomic E-state index is 0.0787. The number of benzene rings is 1. The van der Waals surface area contributed by atoms with Crippen LogP contribution in [0.3, 0.4) is 0 Å². The van der Waals surface area contributed by atoms with Crippen molar-refractivity contribution in [3.63, 3.8) is 0 Å². The second kappa shape index (κ2) is 8.50. The highest BCUT2D eigenvalue weighted by Gasteiger charge is 2.53. The van der Waals surface area contributed by atoms with Gasteiger partial charge in [-0.1, -0.05) is 0 Å². The van der Waals surface area contributed by atoms with Crippen molar-refractivity contribution in [2.75, 3.05) is 7.11 Å². The van der Waals surface area contributed by atoms with E-state index < -0.39 is 0 Å². The fourth-order valence-electron chi connectivity index (χ4n) is 7.77. The molecule has 8 heteroatoms. The number of carbonyl (C=O) groups is 1. The zero-order valence-corrected chi connectivity index (χ0v) is 21.3. The third-order valence-electron chi connectivity index (χ3n) is 9.11. The Morgan fingerprint density at radius 3 is 2.51 bits per heavy atom. The van der Waals surface area contributed by atoms with Crippen molar-refractivity contribution in [1.82, 2.24) is 19.9 Å². The first-order valence-corrected chi connectivity index (χ1v) is 13.4. The minimum atomic E-state index is -0.165. The molecule has 7 nitrogen and oxygen atoms in total. The number of methoxy groups -OCH3 is 1. The van der Waals surface area contributed by atoms with E-state index in [-0.39, 0.29) is 17.5 Å². The smallest absolute Gasteiger partial charge is 0.278 e. The first-order valence-electron chi connectivity index (χ1n) is 13.0. The first-order chi connectivity index (χ1) is 16.8. The molecule has 7 rings (SSSR count). The standard InChI is InChI=1S/C27H34N4O3S/c1-15(27-12-16-8-17(13-27)10-18(9-16)14-27)28-22(32)4-3-7-31-25(33)24-23(30-26(31)35)20-11-19(34-2)5-6-21(20)29-24/h5-6,11,15-18,29H,3-4,7-10,12-14H2,1-2H3,(H,28,32)(H,30,35)/t15-,16?,17?,18?,27?/m1/s1. The van der Waals surface area contributed by atoms with E-state index in [2.05, 4.69) is 22.2 Å². The van der Waals surface area contributed by atoms with Crippen LogP contribution in [0.5, 0.6) is 5.75 Å². The highest BCUT2D eigenvalue weighted by molar-refractivity contribution is 7.71. The Bertz CT molecular complexity index is 1380. The van der Waals surface area contributed by atoms with Gasteiger partial charge in [0.05, 0.1) is 12.6 Å². The highest BCUT2D eigenvalue weighted by Crippen LogP contribution is 2.61. The van der Waals surface area contributed by atoms with Gasteiger partial charge in [-0.3, -0.25) is 14.2 Å². The molecule has 2 aromatic heterocycles. The van der Waals surface area contributed by atoms with Gasteiger partial charge in [-0.15, -0.1) is 0 Å². The number of aromatic amines is 2. The molecule has 1 amide bonds. The van der Waals surface area contributed by atoms with E-state index >= 15 is 0 Å². The summed E-state index contributed by atoms with van der Waals surface area (Å²) >= 11 is 5.52. The number of rotatable bonds is 7. The number of hydrogen-bond acceptors (Lipinski definition) is 4. The SMILES string of the molecule is COc1ccc2[nH]c3c(=O)n(CCCC(=O)N[C@H](C)C45CC6CC(CC(C6)C4)C5)c(=S)[nH]c3c2c1. The molecule has 186 valence electrons. The summed E-state index contributed by atoms with van der Waals surface area (Å²) in [5, 5.41) is 4.20. The average molecular weight is 495 g/mol. The molecular formula is C27H34N4O3S. The minimum Gasteiger partial charge on any atom is -0.497 e. The summed E-state index contributed by atoms with van der Waals surface area (Å²) in [4.78, 5) is 32.5. The van der Waals surface area contributed by atoms with E-state index in [4.69, 9.17) is 17.0 Å². The Kier molecular flexibility index (Phi) is 5.55. The van der Waals surface area contributed by atoms with Crippen molar-refractivity contribution in [2.24, 2.45) is 23.2 Å². The lowest BCUT2D eigenvalue weighted by molar-refractivity contribution is -0.126. The molecule has 4 aliphatic carbocycles. The van der Waals surface area contributed by atoms with Gasteiger partial charge in [0.25, 0.3) is 5.56 Å². The van der Waals surface area contributed by atoms with E-state index in [0.29, 0.717) is 40.6 Å². The molecule has 35 heavy (non-hydrogen) atoms. The number of nitrogens with one attached hydrogen (secondary N) is 3. The van der Waals surface area contributed by atoms with Gasteiger partial charge in [0, 0.05) is 29.9 Å². The van der Waals surface area contributed by atoms with Gasteiger partial charge < -0.3 is 20.0 Å². The monoisotopic (exact) mass is 494 g/mol. The summed E-state index contributed by atoms with van der Waals surface area (Å²) in [5.74, 6) is 3.41. The van der Waals surface area contributed by atoms with Crippen LogP contribution in [0.1, 0.15) is 58.3 Å². The number of aromatic nitrogens is 3. The predicted octanol–water partition coefficient (Wildman–Crippen LogP) is 5.05. The van der Waals surface area contributed by atoms with Gasteiger partial charge in [0.2, 0.25) is 5.91 Å². The summed E-state index contributed by atoms with van der Waals surface area (Å²) in [6.45, 7) is 2.62. The molecule has 0 radical (unpaired) electrons. The molecule has 4 saturated carbocycles. The van der Waals surface area contributed by atoms with E-state index in [1.54, 1.807) is 11.7 Å². The summed E-state index contributed by atoms with van der Waals surface area (Å²) < 4.78 is 7.25. The first kappa shape index (κ1) is 22.8. The van der Waals surface area contributed by atoms with Gasteiger partial charge in [-0.25, -0.2) is 0 Å². The quantitative estimate of drug-likeness (QED) is 0.401. The predicted molar refractivity (Wildman–Crippen MR) is 139 cm³/mol. The number of fused-ring (bicyclic) bond motifs is 3. The Labute approximate surface area is 209 Å². The third kappa shape index (κ3) is 3.90.